The van der Waals surface area contributed by atoms with Gasteiger partial charge in [0.05, 0.1) is 7.85 Å². The lowest BCUT2D eigenvalue weighted by Gasteiger charge is -2.20. The van der Waals surface area contributed by atoms with Crippen LogP contribution in [0.3, 0.4) is 0 Å². The van der Waals surface area contributed by atoms with Crippen LogP contribution in [0.4, 0.5) is 0 Å². The van der Waals surface area contributed by atoms with Crippen molar-refractivity contribution in [3.8, 4) is 0 Å². The Kier molecular flexibility index (Phi) is 5.58. The summed E-state index contributed by atoms with van der Waals surface area (Å²) in [7, 11) is 5.99. The summed E-state index contributed by atoms with van der Waals surface area (Å²) >= 11 is 0. The largest absolute Gasteiger partial charge is 0.409 e. The lowest BCUT2D eigenvalue weighted by Crippen LogP contribution is -2.24. The first-order valence-corrected chi connectivity index (χ1v) is 5.97. The fraction of sp³-hybridized carbons (Fsp3) is 0.909. The van der Waals surface area contributed by atoms with Gasteiger partial charge in [0.25, 0.3) is 0 Å². The predicted octanol–water partition coefficient (Wildman–Crippen LogP) is 2.44. The second-order valence-electron chi connectivity index (χ2n) is 4.55. The second kappa shape index (κ2) is 6.75. The molecule has 1 aliphatic rings. The maximum atomic E-state index is 8.67. The second-order valence-corrected chi connectivity index (χ2v) is 4.55. The van der Waals surface area contributed by atoms with Gasteiger partial charge in [0.15, 0.2) is 0 Å². The molecule has 0 heterocycles. The lowest BCUT2D eigenvalue weighted by atomic mass is 9.76. The van der Waals surface area contributed by atoms with Crippen molar-refractivity contribution in [1.29, 1.82) is 0 Å². The number of nitrogens with two attached hydrogens (primary N) is 1. The average Bonchev–Trinajstić information content (AvgIpc) is 2.26. The molecule has 0 aromatic heterocycles. The molecular weight excluding hydrogens is 187 g/mol. The molecule has 0 aromatic rings. The van der Waals surface area contributed by atoms with Crippen LogP contribution < -0.4 is 5.73 Å². The van der Waals surface area contributed by atoms with Gasteiger partial charge >= 0.3 is 0 Å². The molecule has 1 rings (SSSR count). The molecule has 0 aromatic carbocycles. The van der Waals surface area contributed by atoms with Crippen LogP contribution >= 0.6 is 0 Å². The minimum Gasteiger partial charge on any atom is -0.409 e. The molecule has 84 valence electrons. The van der Waals surface area contributed by atoms with E-state index >= 15 is 0 Å². The van der Waals surface area contributed by atoms with E-state index in [9.17, 15) is 0 Å². The highest BCUT2D eigenvalue weighted by Crippen LogP contribution is 2.26. The molecule has 1 aliphatic carbocycles. The fourth-order valence-corrected chi connectivity index (χ4v) is 2.23. The summed E-state index contributed by atoms with van der Waals surface area (Å²) in [6.07, 6.45) is 9.01. The Morgan fingerprint density at radius 2 is 1.73 bits per heavy atom. The number of nitrogens with zero attached hydrogens (tertiary/aromatic N) is 1. The van der Waals surface area contributed by atoms with Crippen molar-refractivity contribution in [3.05, 3.63) is 0 Å². The average molecular weight is 208 g/mol. The first-order chi connectivity index (χ1) is 7.24. The molecule has 0 spiro atoms. The maximum Gasteiger partial charge on any atom is 0.142 e. The van der Waals surface area contributed by atoms with Crippen molar-refractivity contribution in [3.63, 3.8) is 0 Å². The maximum absolute atomic E-state index is 8.67. The number of amidine groups is 1. The molecule has 2 unspecified atom stereocenters. The van der Waals surface area contributed by atoms with E-state index in [4.69, 9.17) is 18.8 Å². The van der Waals surface area contributed by atoms with Gasteiger partial charge in [-0.3, -0.25) is 0 Å². The Balaban J connectivity index is 2.47. The van der Waals surface area contributed by atoms with Crippen LogP contribution in [0.15, 0.2) is 5.16 Å². The van der Waals surface area contributed by atoms with Gasteiger partial charge in [0.1, 0.15) is 5.84 Å². The first-order valence-electron chi connectivity index (χ1n) is 5.97. The zero-order valence-corrected chi connectivity index (χ0v) is 9.36. The zero-order chi connectivity index (χ0) is 11.1. The van der Waals surface area contributed by atoms with E-state index in [0.29, 0.717) is 5.84 Å². The molecule has 4 heteroatoms. The molecule has 0 aliphatic heterocycles. The van der Waals surface area contributed by atoms with Gasteiger partial charge in [0, 0.05) is 5.92 Å². The number of rotatable bonds is 1. The van der Waals surface area contributed by atoms with Crippen molar-refractivity contribution in [2.24, 2.45) is 16.8 Å². The van der Waals surface area contributed by atoms with Crippen molar-refractivity contribution >= 4 is 13.7 Å². The van der Waals surface area contributed by atoms with Crippen molar-refractivity contribution in [2.45, 2.75) is 57.2 Å². The number of oxime groups is 1. The van der Waals surface area contributed by atoms with Gasteiger partial charge in [-0.25, -0.2) is 0 Å². The standard InChI is InChI=1S/C11H21BN2O/c12-10-6-4-2-1-3-5-9(7-8-10)11(13)14-15/h9-10,15H,1-8H2,(H2,13,14). The lowest BCUT2D eigenvalue weighted by molar-refractivity contribution is 0.311. The number of hydrogen-bond donors (Lipinski definition) is 2. The van der Waals surface area contributed by atoms with Gasteiger partial charge in [0.2, 0.25) is 0 Å². The van der Waals surface area contributed by atoms with Crippen LogP contribution in [0.1, 0.15) is 51.4 Å². The van der Waals surface area contributed by atoms with E-state index < -0.39 is 0 Å². The smallest absolute Gasteiger partial charge is 0.142 e. The van der Waals surface area contributed by atoms with E-state index in [2.05, 4.69) is 5.16 Å². The molecule has 1 saturated carbocycles. The SMILES string of the molecule is [B]C1CCCCCCC(/C(N)=N/O)CC1. The van der Waals surface area contributed by atoms with Crippen molar-refractivity contribution in [1.82, 2.24) is 0 Å². The van der Waals surface area contributed by atoms with Crippen LogP contribution in [0.2, 0.25) is 5.82 Å². The molecule has 3 nitrogen and oxygen atoms in total. The molecule has 0 amide bonds. The Hall–Kier alpha value is -0.665. The molecular formula is C11H21BN2O. The molecule has 0 saturated heterocycles. The Labute approximate surface area is 93.5 Å². The normalized spacial score (nSPS) is 31.1. The highest BCUT2D eigenvalue weighted by molar-refractivity contribution is 6.11. The summed E-state index contributed by atoms with van der Waals surface area (Å²) in [6.45, 7) is 0. The predicted molar refractivity (Wildman–Crippen MR) is 63.3 cm³/mol. The minimum absolute atomic E-state index is 0.221. The van der Waals surface area contributed by atoms with Crippen molar-refractivity contribution in [2.75, 3.05) is 0 Å². The Morgan fingerprint density at radius 1 is 1.07 bits per heavy atom. The van der Waals surface area contributed by atoms with E-state index in [1.54, 1.807) is 0 Å². The van der Waals surface area contributed by atoms with Gasteiger partial charge < -0.3 is 10.9 Å². The monoisotopic (exact) mass is 208 g/mol. The zero-order valence-electron chi connectivity index (χ0n) is 9.36. The molecule has 0 bridgehead atoms. The van der Waals surface area contributed by atoms with Gasteiger partial charge in [-0.1, -0.05) is 49.5 Å². The third-order valence-corrected chi connectivity index (χ3v) is 3.30. The number of hydrogen-bond acceptors (Lipinski definition) is 2. The van der Waals surface area contributed by atoms with Crippen LogP contribution in [-0.4, -0.2) is 18.9 Å². The molecule has 3 N–H and O–H groups in total. The van der Waals surface area contributed by atoms with Gasteiger partial charge in [-0.05, 0) is 12.8 Å². The highest BCUT2D eigenvalue weighted by atomic mass is 16.4. The summed E-state index contributed by atoms with van der Waals surface area (Å²) in [5.74, 6) is 0.888. The van der Waals surface area contributed by atoms with Crippen LogP contribution in [0, 0.1) is 5.92 Å². The summed E-state index contributed by atoms with van der Waals surface area (Å²) in [5.41, 5.74) is 5.66. The minimum atomic E-state index is 0.221. The van der Waals surface area contributed by atoms with Crippen LogP contribution in [0.25, 0.3) is 0 Å². The van der Waals surface area contributed by atoms with E-state index in [1.807, 2.05) is 0 Å². The fourth-order valence-electron chi connectivity index (χ4n) is 2.23. The first kappa shape index (κ1) is 12.4. The summed E-state index contributed by atoms with van der Waals surface area (Å²) in [5, 5.41) is 11.8. The van der Waals surface area contributed by atoms with Gasteiger partial charge in [-0.2, -0.15) is 0 Å². The van der Waals surface area contributed by atoms with E-state index in [1.165, 1.54) is 25.7 Å². The summed E-state index contributed by atoms with van der Waals surface area (Å²) in [6, 6.07) is 0. The van der Waals surface area contributed by atoms with Crippen molar-refractivity contribution < 1.29 is 5.21 Å². The Morgan fingerprint density at radius 3 is 2.40 bits per heavy atom. The Bertz CT molecular complexity index is 209. The quantitative estimate of drug-likeness (QED) is 0.228. The molecule has 1 fully saturated rings. The third kappa shape index (κ3) is 4.58. The third-order valence-electron chi connectivity index (χ3n) is 3.30. The molecule has 2 radical (unpaired) electrons. The molecule has 2 atom stereocenters. The molecule has 15 heavy (non-hydrogen) atoms. The van der Waals surface area contributed by atoms with Crippen LogP contribution in [0.5, 0.6) is 0 Å². The van der Waals surface area contributed by atoms with E-state index in [-0.39, 0.29) is 11.7 Å². The van der Waals surface area contributed by atoms with Gasteiger partial charge in [-0.15, -0.1) is 0 Å². The topological polar surface area (TPSA) is 58.6 Å². The summed E-state index contributed by atoms with van der Waals surface area (Å²) in [4.78, 5) is 0. The highest BCUT2D eigenvalue weighted by Gasteiger charge is 2.16. The van der Waals surface area contributed by atoms with E-state index in [0.717, 1.165) is 25.7 Å². The van der Waals surface area contributed by atoms with Crippen LogP contribution in [-0.2, 0) is 0 Å². The summed E-state index contributed by atoms with van der Waals surface area (Å²) < 4.78 is 0.